The van der Waals surface area contributed by atoms with Crippen LogP contribution < -0.4 is 10.1 Å². The van der Waals surface area contributed by atoms with Crippen molar-refractivity contribution in [2.75, 3.05) is 12.4 Å². The number of nitrogens with one attached hydrogen (secondary N) is 1. The Labute approximate surface area is 112 Å². The number of aryl methyl sites for hydroxylation is 2. The van der Waals surface area contributed by atoms with Gasteiger partial charge in [-0.25, -0.2) is 0 Å². The van der Waals surface area contributed by atoms with Gasteiger partial charge in [-0.2, -0.15) is 5.10 Å². The Balaban J connectivity index is 2.08. The van der Waals surface area contributed by atoms with Gasteiger partial charge in [0, 0.05) is 6.20 Å². The molecule has 5 nitrogen and oxygen atoms in total. The van der Waals surface area contributed by atoms with E-state index in [9.17, 15) is 4.79 Å². The van der Waals surface area contributed by atoms with Crippen molar-refractivity contribution in [1.29, 1.82) is 0 Å². The number of carbonyl (C=O) groups is 1. The Morgan fingerprint density at radius 1 is 1.37 bits per heavy atom. The second-order valence-electron chi connectivity index (χ2n) is 4.47. The third-order valence-electron chi connectivity index (χ3n) is 2.70. The first-order valence-corrected chi connectivity index (χ1v) is 6.02. The lowest BCUT2D eigenvalue weighted by atomic mass is 10.2. The standard InChI is InChI=1S/C14H17N3O2/c1-10-4-5-13(19-3)12(6-10)16-14(18)9-17-8-11(2)7-15-17/h4-8H,9H2,1-3H3,(H,16,18). The third kappa shape index (κ3) is 3.34. The molecule has 2 rings (SSSR count). The van der Waals surface area contributed by atoms with Gasteiger partial charge in [0.25, 0.3) is 0 Å². The molecule has 0 atom stereocenters. The van der Waals surface area contributed by atoms with Crippen LogP contribution in [0.1, 0.15) is 11.1 Å². The summed E-state index contributed by atoms with van der Waals surface area (Å²) in [4.78, 5) is 11.9. The molecular formula is C14H17N3O2. The molecule has 1 aromatic heterocycles. The molecule has 0 unspecified atom stereocenters. The maximum atomic E-state index is 11.9. The summed E-state index contributed by atoms with van der Waals surface area (Å²) in [5.41, 5.74) is 2.77. The minimum atomic E-state index is -0.132. The van der Waals surface area contributed by atoms with Crippen LogP contribution >= 0.6 is 0 Å². The Morgan fingerprint density at radius 3 is 2.79 bits per heavy atom. The molecule has 0 fully saturated rings. The number of aromatic nitrogens is 2. The number of ether oxygens (including phenoxy) is 1. The molecule has 0 aliphatic rings. The average molecular weight is 259 g/mol. The monoisotopic (exact) mass is 259 g/mol. The molecule has 2 aromatic rings. The molecule has 19 heavy (non-hydrogen) atoms. The van der Waals surface area contributed by atoms with Gasteiger partial charge in [-0.3, -0.25) is 9.48 Å². The van der Waals surface area contributed by atoms with Crippen molar-refractivity contribution < 1.29 is 9.53 Å². The highest BCUT2D eigenvalue weighted by Gasteiger charge is 2.08. The van der Waals surface area contributed by atoms with Gasteiger partial charge in [0.05, 0.1) is 19.0 Å². The van der Waals surface area contributed by atoms with Crippen LogP contribution in [0.15, 0.2) is 30.6 Å². The lowest BCUT2D eigenvalue weighted by molar-refractivity contribution is -0.116. The molecule has 0 radical (unpaired) electrons. The summed E-state index contributed by atoms with van der Waals surface area (Å²) in [6.45, 7) is 4.09. The summed E-state index contributed by atoms with van der Waals surface area (Å²) in [6.07, 6.45) is 3.55. The van der Waals surface area contributed by atoms with Crippen molar-refractivity contribution in [3.05, 3.63) is 41.7 Å². The van der Waals surface area contributed by atoms with Crippen LogP contribution in [0.2, 0.25) is 0 Å². The fourth-order valence-corrected chi connectivity index (χ4v) is 1.81. The summed E-state index contributed by atoms with van der Waals surface area (Å²) < 4.78 is 6.82. The minimum absolute atomic E-state index is 0.132. The van der Waals surface area contributed by atoms with E-state index in [0.29, 0.717) is 11.4 Å². The van der Waals surface area contributed by atoms with Crippen LogP contribution in [0, 0.1) is 13.8 Å². The highest BCUT2D eigenvalue weighted by Crippen LogP contribution is 2.25. The van der Waals surface area contributed by atoms with Crippen LogP contribution in [0.3, 0.4) is 0 Å². The second-order valence-corrected chi connectivity index (χ2v) is 4.47. The molecule has 100 valence electrons. The minimum Gasteiger partial charge on any atom is -0.495 e. The van der Waals surface area contributed by atoms with Crippen LogP contribution in [0.5, 0.6) is 5.75 Å². The lowest BCUT2D eigenvalue weighted by Gasteiger charge is -2.11. The summed E-state index contributed by atoms with van der Waals surface area (Å²) in [5, 5.41) is 6.92. The molecule has 0 spiro atoms. The number of hydrogen-bond donors (Lipinski definition) is 1. The quantitative estimate of drug-likeness (QED) is 0.915. The van der Waals surface area contributed by atoms with Crippen LogP contribution in [-0.2, 0) is 11.3 Å². The molecule has 1 aromatic carbocycles. The van der Waals surface area contributed by atoms with E-state index in [1.54, 1.807) is 18.0 Å². The molecule has 1 amide bonds. The number of amides is 1. The van der Waals surface area contributed by atoms with Crippen molar-refractivity contribution in [2.24, 2.45) is 0 Å². The van der Waals surface area contributed by atoms with E-state index in [1.807, 2.05) is 38.2 Å². The molecule has 0 saturated carbocycles. The van der Waals surface area contributed by atoms with Crippen molar-refractivity contribution in [1.82, 2.24) is 9.78 Å². The zero-order chi connectivity index (χ0) is 13.8. The zero-order valence-electron chi connectivity index (χ0n) is 11.3. The van der Waals surface area contributed by atoms with E-state index in [2.05, 4.69) is 10.4 Å². The number of anilines is 1. The largest absolute Gasteiger partial charge is 0.495 e. The normalized spacial score (nSPS) is 10.3. The second kappa shape index (κ2) is 5.56. The molecule has 0 aliphatic carbocycles. The van der Waals surface area contributed by atoms with Gasteiger partial charge in [0.15, 0.2) is 0 Å². The number of methoxy groups -OCH3 is 1. The van der Waals surface area contributed by atoms with Gasteiger partial charge in [-0.1, -0.05) is 6.07 Å². The van der Waals surface area contributed by atoms with Gasteiger partial charge in [0.2, 0.25) is 5.91 Å². The Morgan fingerprint density at radius 2 is 2.16 bits per heavy atom. The zero-order valence-corrected chi connectivity index (χ0v) is 11.3. The van der Waals surface area contributed by atoms with E-state index < -0.39 is 0 Å². The molecule has 1 N–H and O–H groups in total. The molecule has 1 heterocycles. The van der Waals surface area contributed by atoms with Crippen LogP contribution in [-0.4, -0.2) is 22.8 Å². The van der Waals surface area contributed by atoms with Gasteiger partial charge >= 0.3 is 0 Å². The van der Waals surface area contributed by atoms with Crippen LogP contribution in [0.25, 0.3) is 0 Å². The molecular weight excluding hydrogens is 242 g/mol. The van der Waals surface area contributed by atoms with Gasteiger partial charge in [-0.05, 0) is 37.1 Å². The smallest absolute Gasteiger partial charge is 0.246 e. The number of benzene rings is 1. The summed E-state index contributed by atoms with van der Waals surface area (Å²) in [7, 11) is 1.58. The van der Waals surface area contributed by atoms with E-state index >= 15 is 0 Å². The van der Waals surface area contributed by atoms with Crippen molar-refractivity contribution >= 4 is 11.6 Å². The topological polar surface area (TPSA) is 56.1 Å². The first-order valence-electron chi connectivity index (χ1n) is 6.02. The summed E-state index contributed by atoms with van der Waals surface area (Å²) in [6, 6.07) is 5.65. The first kappa shape index (κ1) is 13.1. The van der Waals surface area contributed by atoms with Crippen molar-refractivity contribution in [3.8, 4) is 5.75 Å². The maximum Gasteiger partial charge on any atom is 0.246 e. The van der Waals surface area contributed by atoms with Gasteiger partial charge < -0.3 is 10.1 Å². The molecule has 5 heteroatoms. The summed E-state index contributed by atoms with van der Waals surface area (Å²) in [5.74, 6) is 0.516. The maximum absolute atomic E-state index is 11.9. The van der Waals surface area contributed by atoms with E-state index in [-0.39, 0.29) is 12.5 Å². The highest BCUT2D eigenvalue weighted by molar-refractivity contribution is 5.92. The number of nitrogens with zero attached hydrogens (tertiary/aromatic N) is 2. The Bertz CT molecular complexity index is 590. The van der Waals surface area contributed by atoms with Gasteiger partial charge in [0.1, 0.15) is 12.3 Å². The van der Waals surface area contributed by atoms with E-state index in [0.717, 1.165) is 11.1 Å². The SMILES string of the molecule is COc1ccc(C)cc1NC(=O)Cn1cc(C)cn1. The predicted octanol–water partition coefficient (Wildman–Crippen LogP) is 2.15. The number of hydrogen-bond acceptors (Lipinski definition) is 3. The summed E-state index contributed by atoms with van der Waals surface area (Å²) >= 11 is 0. The van der Waals surface area contributed by atoms with E-state index in [4.69, 9.17) is 4.74 Å². The lowest BCUT2D eigenvalue weighted by Crippen LogP contribution is -2.19. The predicted molar refractivity (Wildman–Crippen MR) is 73.3 cm³/mol. The molecule has 0 aliphatic heterocycles. The number of carbonyl (C=O) groups excluding carboxylic acids is 1. The highest BCUT2D eigenvalue weighted by atomic mass is 16.5. The average Bonchev–Trinajstić information content (AvgIpc) is 2.75. The third-order valence-corrected chi connectivity index (χ3v) is 2.70. The van der Waals surface area contributed by atoms with Crippen LogP contribution in [0.4, 0.5) is 5.69 Å². The van der Waals surface area contributed by atoms with Crippen molar-refractivity contribution in [3.63, 3.8) is 0 Å². The molecule has 0 saturated heterocycles. The van der Waals surface area contributed by atoms with Crippen molar-refractivity contribution in [2.45, 2.75) is 20.4 Å². The van der Waals surface area contributed by atoms with E-state index in [1.165, 1.54) is 0 Å². The Hall–Kier alpha value is -2.30. The number of rotatable bonds is 4. The molecule has 0 bridgehead atoms. The first-order chi connectivity index (χ1) is 9.08. The Kier molecular flexibility index (Phi) is 3.85. The fourth-order valence-electron chi connectivity index (χ4n) is 1.81. The fraction of sp³-hybridized carbons (Fsp3) is 0.286. The van der Waals surface area contributed by atoms with Gasteiger partial charge in [-0.15, -0.1) is 0 Å².